The highest BCUT2D eigenvalue weighted by molar-refractivity contribution is 5.79. The smallest absolute Gasteiger partial charge is 0.147 e. The summed E-state index contributed by atoms with van der Waals surface area (Å²) in [4.78, 5) is 4.33. The van der Waals surface area contributed by atoms with Gasteiger partial charge in [0.2, 0.25) is 0 Å². The minimum atomic E-state index is 0.786. The average molecular weight is 157 g/mol. The largest absolute Gasteiger partial charge is 0.270 e. The molecule has 0 amide bonds. The Balaban J connectivity index is 2.67. The Morgan fingerprint density at radius 1 is 1.08 bits per heavy atom. The van der Waals surface area contributed by atoms with Gasteiger partial charge in [-0.2, -0.15) is 0 Å². The minimum absolute atomic E-state index is 0.786. The summed E-state index contributed by atoms with van der Waals surface area (Å²) >= 11 is 0. The van der Waals surface area contributed by atoms with E-state index in [1.165, 1.54) is 0 Å². The van der Waals surface area contributed by atoms with Crippen LogP contribution in [0, 0.1) is 0 Å². The SMILES string of the molecule is C[N]c1ccc2ccccc2n1. The van der Waals surface area contributed by atoms with E-state index in [-0.39, 0.29) is 0 Å². The Bertz CT molecular complexity index is 396. The van der Waals surface area contributed by atoms with E-state index in [0.717, 1.165) is 16.7 Å². The van der Waals surface area contributed by atoms with E-state index in [1.54, 1.807) is 7.05 Å². The predicted octanol–water partition coefficient (Wildman–Crippen LogP) is 2.10. The van der Waals surface area contributed by atoms with Crippen LogP contribution in [-0.2, 0) is 0 Å². The molecular formula is C10H9N2. The van der Waals surface area contributed by atoms with Gasteiger partial charge < -0.3 is 0 Å². The normalized spacial score (nSPS) is 10.1. The zero-order valence-electron chi connectivity index (χ0n) is 6.86. The lowest BCUT2D eigenvalue weighted by atomic mass is 10.2. The Hall–Kier alpha value is -1.57. The Morgan fingerprint density at radius 3 is 2.75 bits per heavy atom. The number of hydrogen-bond acceptors (Lipinski definition) is 1. The van der Waals surface area contributed by atoms with Crippen molar-refractivity contribution in [1.29, 1.82) is 0 Å². The number of nitrogens with zero attached hydrogens (tertiary/aromatic N) is 2. The molecule has 0 N–H and O–H groups in total. The number of rotatable bonds is 1. The molecule has 0 saturated heterocycles. The molecule has 2 rings (SSSR count). The summed E-state index contributed by atoms with van der Waals surface area (Å²) in [7, 11) is 1.75. The minimum Gasteiger partial charge on any atom is -0.270 e. The van der Waals surface area contributed by atoms with Crippen LogP contribution in [0.2, 0.25) is 0 Å². The summed E-state index contributed by atoms with van der Waals surface area (Å²) in [6.45, 7) is 0. The molecule has 0 unspecified atom stereocenters. The first-order valence-electron chi connectivity index (χ1n) is 3.86. The fourth-order valence-corrected chi connectivity index (χ4v) is 1.18. The number of aromatic nitrogens is 1. The molecule has 1 aromatic carbocycles. The first kappa shape index (κ1) is 7.10. The average Bonchev–Trinajstić information content (AvgIpc) is 2.17. The van der Waals surface area contributed by atoms with Gasteiger partial charge in [-0.05, 0) is 18.2 Å². The molecule has 2 aromatic rings. The van der Waals surface area contributed by atoms with Crippen molar-refractivity contribution in [1.82, 2.24) is 10.3 Å². The molecule has 0 saturated carbocycles. The fourth-order valence-electron chi connectivity index (χ4n) is 1.18. The van der Waals surface area contributed by atoms with E-state index in [0.29, 0.717) is 0 Å². The van der Waals surface area contributed by atoms with Crippen molar-refractivity contribution < 1.29 is 0 Å². The van der Waals surface area contributed by atoms with Gasteiger partial charge in [-0.25, -0.2) is 4.98 Å². The van der Waals surface area contributed by atoms with Crippen LogP contribution in [-0.4, -0.2) is 12.0 Å². The van der Waals surface area contributed by atoms with Crippen molar-refractivity contribution in [2.75, 3.05) is 7.05 Å². The summed E-state index contributed by atoms with van der Waals surface area (Å²) in [5, 5.41) is 5.17. The van der Waals surface area contributed by atoms with E-state index in [2.05, 4.69) is 10.3 Å². The maximum absolute atomic E-state index is 4.33. The van der Waals surface area contributed by atoms with Crippen molar-refractivity contribution in [3.05, 3.63) is 36.4 Å². The third kappa shape index (κ3) is 1.11. The second-order valence-corrected chi connectivity index (χ2v) is 2.59. The lowest BCUT2D eigenvalue weighted by Gasteiger charge is -1.98. The van der Waals surface area contributed by atoms with Crippen LogP contribution in [0.5, 0.6) is 0 Å². The zero-order chi connectivity index (χ0) is 8.39. The summed E-state index contributed by atoms with van der Waals surface area (Å²) in [5.41, 5.74) is 1.00. The van der Waals surface area contributed by atoms with E-state index in [1.807, 2.05) is 36.4 Å². The van der Waals surface area contributed by atoms with E-state index in [4.69, 9.17) is 0 Å². The van der Waals surface area contributed by atoms with Crippen molar-refractivity contribution in [2.24, 2.45) is 0 Å². The number of hydrogen-bond donors (Lipinski definition) is 0. The summed E-state index contributed by atoms with van der Waals surface area (Å²) in [6, 6.07) is 12.0. The molecule has 0 spiro atoms. The number of fused-ring (bicyclic) bond motifs is 1. The third-order valence-electron chi connectivity index (χ3n) is 1.81. The van der Waals surface area contributed by atoms with Crippen molar-refractivity contribution >= 4 is 16.7 Å². The van der Waals surface area contributed by atoms with Gasteiger partial charge >= 0.3 is 0 Å². The quantitative estimate of drug-likeness (QED) is 0.622. The molecule has 12 heavy (non-hydrogen) atoms. The third-order valence-corrected chi connectivity index (χ3v) is 1.81. The van der Waals surface area contributed by atoms with E-state index in [9.17, 15) is 0 Å². The standard InChI is InChI=1S/C10H9N2/c1-11-10-7-6-8-4-2-3-5-9(8)12-10/h2-7H,1H3. The maximum Gasteiger partial charge on any atom is 0.147 e. The van der Waals surface area contributed by atoms with Crippen LogP contribution in [0.3, 0.4) is 0 Å². The Labute approximate surface area is 71.2 Å². The van der Waals surface area contributed by atoms with Gasteiger partial charge in [0.1, 0.15) is 5.82 Å². The molecule has 2 nitrogen and oxygen atoms in total. The van der Waals surface area contributed by atoms with Crippen LogP contribution in [0.1, 0.15) is 0 Å². The predicted molar refractivity (Wildman–Crippen MR) is 49.5 cm³/mol. The van der Waals surface area contributed by atoms with Gasteiger partial charge in [-0.3, -0.25) is 5.32 Å². The first-order valence-corrected chi connectivity index (χ1v) is 3.86. The van der Waals surface area contributed by atoms with Crippen molar-refractivity contribution in [2.45, 2.75) is 0 Å². The molecule has 0 bridgehead atoms. The molecule has 0 aliphatic heterocycles. The maximum atomic E-state index is 4.33. The highest BCUT2D eigenvalue weighted by atomic mass is 15.0. The van der Waals surface area contributed by atoms with Crippen LogP contribution < -0.4 is 5.32 Å². The van der Waals surface area contributed by atoms with Gasteiger partial charge in [0.05, 0.1) is 5.52 Å². The number of benzene rings is 1. The second kappa shape index (κ2) is 2.81. The highest BCUT2D eigenvalue weighted by Crippen LogP contribution is 2.13. The monoisotopic (exact) mass is 157 g/mol. The molecule has 0 atom stereocenters. The molecular weight excluding hydrogens is 148 g/mol. The van der Waals surface area contributed by atoms with E-state index < -0.39 is 0 Å². The van der Waals surface area contributed by atoms with Crippen LogP contribution in [0.25, 0.3) is 10.9 Å². The topological polar surface area (TPSA) is 27.0 Å². The van der Waals surface area contributed by atoms with Gasteiger partial charge in [0.15, 0.2) is 0 Å². The lowest BCUT2D eigenvalue weighted by Crippen LogP contribution is -1.89. The highest BCUT2D eigenvalue weighted by Gasteiger charge is 1.94. The fraction of sp³-hybridized carbons (Fsp3) is 0.100. The van der Waals surface area contributed by atoms with Gasteiger partial charge in [0, 0.05) is 12.4 Å². The van der Waals surface area contributed by atoms with Crippen LogP contribution in [0.15, 0.2) is 36.4 Å². The molecule has 0 aliphatic rings. The molecule has 0 aliphatic carbocycles. The summed E-state index contributed by atoms with van der Waals surface area (Å²) < 4.78 is 0. The second-order valence-electron chi connectivity index (χ2n) is 2.59. The van der Waals surface area contributed by atoms with Gasteiger partial charge in [-0.1, -0.05) is 18.2 Å². The molecule has 2 heteroatoms. The van der Waals surface area contributed by atoms with Crippen molar-refractivity contribution in [3.8, 4) is 0 Å². The first-order chi connectivity index (χ1) is 5.90. The summed E-state index contributed by atoms with van der Waals surface area (Å²) in [6.07, 6.45) is 0. The molecule has 0 fully saturated rings. The zero-order valence-corrected chi connectivity index (χ0v) is 6.86. The van der Waals surface area contributed by atoms with Crippen molar-refractivity contribution in [3.63, 3.8) is 0 Å². The van der Waals surface area contributed by atoms with E-state index >= 15 is 0 Å². The van der Waals surface area contributed by atoms with Crippen LogP contribution >= 0.6 is 0 Å². The number of para-hydroxylation sites is 1. The number of pyridine rings is 1. The Morgan fingerprint density at radius 2 is 1.92 bits per heavy atom. The summed E-state index contributed by atoms with van der Waals surface area (Å²) in [5.74, 6) is 0.786. The molecule has 1 heterocycles. The lowest BCUT2D eigenvalue weighted by molar-refractivity contribution is 1.04. The molecule has 1 radical (unpaired) electrons. The molecule has 1 aromatic heterocycles. The van der Waals surface area contributed by atoms with Gasteiger partial charge in [-0.15, -0.1) is 0 Å². The van der Waals surface area contributed by atoms with Crippen LogP contribution in [0.4, 0.5) is 5.82 Å². The Kier molecular flexibility index (Phi) is 1.67. The van der Waals surface area contributed by atoms with Gasteiger partial charge in [0.25, 0.3) is 0 Å². The molecule has 59 valence electrons.